The quantitative estimate of drug-likeness (QED) is 0.855. The molecule has 1 aromatic heterocycles. The predicted octanol–water partition coefficient (Wildman–Crippen LogP) is 1.06. The van der Waals surface area contributed by atoms with E-state index in [2.05, 4.69) is 15.7 Å². The third-order valence-electron chi connectivity index (χ3n) is 4.25. The van der Waals surface area contributed by atoms with Crippen LogP contribution in [0.3, 0.4) is 0 Å². The van der Waals surface area contributed by atoms with Gasteiger partial charge in [-0.2, -0.15) is 5.10 Å². The Kier molecular flexibility index (Phi) is 5.05. The van der Waals surface area contributed by atoms with Crippen LogP contribution in [0.4, 0.5) is 0 Å². The van der Waals surface area contributed by atoms with Crippen LogP contribution in [0.15, 0.2) is 12.4 Å². The summed E-state index contributed by atoms with van der Waals surface area (Å²) in [6.07, 6.45) is 7.73. The van der Waals surface area contributed by atoms with Crippen molar-refractivity contribution in [2.24, 2.45) is 18.9 Å². The van der Waals surface area contributed by atoms with Gasteiger partial charge >= 0.3 is 0 Å². The molecule has 3 rings (SSSR count). The molecule has 2 heterocycles. The molecule has 2 aliphatic rings. The van der Waals surface area contributed by atoms with E-state index >= 15 is 0 Å². The highest BCUT2D eigenvalue weighted by Gasteiger charge is 2.34. The Labute approximate surface area is 125 Å². The summed E-state index contributed by atoms with van der Waals surface area (Å²) in [7, 11) is 1.91. The summed E-state index contributed by atoms with van der Waals surface area (Å²) in [5, 5.41) is 10.6. The average Bonchev–Trinajstić information content (AvgIpc) is 2.91. The van der Waals surface area contributed by atoms with E-state index < -0.39 is 0 Å². The molecule has 2 fully saturated rings. The molecule has 2 atom stereocenters. The molecular weight excluding hydrogens is 276 g/mol. The number of amides is 1. The number of hydrogen-bond donors (Lipinski definition) is 2. The van der Waals surface area contributed by atoms with Crippen LogP contribution < -0.4 is 10.6 Å². The highest BCUT2D eigenvalue weighted by atomic mass is 35.5. The first kappa shape index (κ1) is 15.3. The summed E-state index contributed by atoms with van der Waals surface area (Å²) in [6.45, 7) is 2.47. The highest BCUT2D eigenvalue weighted by molar-refractivity contribution is 5.85. The van der Waals surface area contributed by atoms with E-state index in [4.69, 9.17) is 0 Å². The van der Waals surface area contributed by atoms with Crippen molar-refractivity contribution in [3.05, 3.63) is 18.0 Å². The summed E-state index contributed by atoms with van der Waals surface area (Å²) < 4.78 is 1.80. The van der Waals surface area contributed by atoms with E-state index in [0.29, 0.717) is 0 Å². The summed E-state index contributed by atoms with van der Waals surface area (Å²) >= 11 is 0. The monoisotopic (exact) mass is 298 g/mol. The normalized spacial score (nSPS) is 25.2. The van der Waals surface area contributed by atoms with E-state index in [9.17, 15) is 4.79 Å². The molecule has 1 amide bonds. The maximum atomic E-state index is 12.3. The lowest BCUT2D eigenvalue weighted by molar-refractivity contribution is -0.124. The zero-order chi connectivity index (χ0) is 13.2. The molecule has 0 unspecified atom stereocenters. The minimum atomic E-state index is 0. The first-order valence-corrected chi connectivity index (χ1v) is 7.21. The van der Waals surface area contributed by atoms with Gasteiger partial charge in [-0.05, 0) is 17.9 Å². The van der Waals surface area contributed by atoms with Crippen LogP contribution in [0, 0.1) is 11.8 Å². The number of aromatic nitrogens is 2. The van der Waals surface area contributed by atoms with Crippen molar-refractivity contribution < 1.29 is 4.79 Å². The molecule has 6 heteroatoms. The number of rotatable bonds is 5. The summed E-state index contributed by atoms with van der Waals surface area (Å²) in [6, 6.07) is 0. The first-order valence-electron chi connectivity index (χ1n) is 7.21. The van der Waals surface area contributed by atoms with Gasteiger partial charge in [0.15, 0.2) is 0 Å². The number of nitrogens with zero attached hydrogens (tertiary/aromatic N) is 2. The van der Waals surface area contributed by atoms with Crippen LogP contribution in [0.1, 0.15) is 30.7 Å². The van der Waals surface area contributed by atoms with Gasteiger partial charge in [-0.1, -0.05) is 12.8 Å². The predicted molar refractivity (Wildman–Crippen MR) is 79.9 cm³/mol. The third kappa shape index (κ3) is 3.52. The van der Waals surface area contributed by atoms with E-state index in [1.807, 2.05) is 19.4 Å². The lowest BCUT2D eigenvalue weighted by Crippen LogP contribution is -2.35. The van der Waals surface area contributed by atoms with Crippen molar-refractivity contribution >= 4 is 18.3 Å². The molecule has 2 N–H and O–H groups in total. The van der Waals surface area contributed by atoms with Crippen molar-refractivity contribution in [2.45, 2.75) is 25.2 Å². The van der Waals surface area contributed by atoms with Gasteiger partial charge in [0.25, 0.3) is 0 Å². The second kappa shape index (κ2) is 6.59. The van der Waals surface area contributed by atoms with E-state index in [0.717, 1.165) is 37.5 Å². The van der Waals surface area contributed by atoms with E-state index in [-0.39, 0.29) is 30.2 Å². The Balaban J connectivity index is 0.00000147. The Morgan fingerprint density at radius 1 is 1.50 bits per heavy atom. The fraction of sp³-hybridized carbons (Fsp3) is 0.714. The lowest BCUT2D eigenvalue weighted by Gasteiger charge is -2.16. The van der Waals surface area contributed by atoms with Gasteiger partial charge < -0.3 is 10.6 Å². The highest BCUT2D eigenvalue weighted by Crippen LogP contribution is 2.32. The number of aryl methyl sites for hydroxylation is 1. The van der Waals surface area contributed by atoms with Gasteiger partial charge in [-0.25, -0.2) is 0 Å². The molecule has 112 valence electrons. The van der Waals surface area contributed by atoms with Gasteiger partial charge in [-0.3, -0.25) is 9.48 Å². The van der Waals surface area contributed by atoms with Crippen molar-refractivity contribution in [3.8, 4) is 0 Å². The van der Waals surface area contributed by atoms with Crippen molar-refractivity contribution in [3.63, 3.8) is 0 Å². The number of hydrogen-bond acceptors (Lipinski definition) is 3. The zero-order valence-corrected chi connectivity index (χ0v) is 12.7. The Hall–Kier alpha value is -1.07. The smallest absolute Gasteiger partial charge is 0.225 e. The Morgan fingerprint density at radius 3 is 2.95 bits per heavy atom. The van der Waals surface area contributed by atoms with Crippen LogP contribution in [-0.2, 0) is 11.8 Å². The topological polar surface area (TPSA) is 59.0 Å². The Morgan fingerprint density at radius 2 is 2.30 bits per heavy atom. The molecule has 1 aliphatic carbocycles. The fourth-order valence-corrected chi connectivity index (χ4v) is 2.87. The number of carbonyl (C=O) groups is 1. The molecule has 1 saturated carbocycles. The van der Waals surface area contributed by atoms with Crippen molar-refractivity contribution in [1.29, 1.82) is 0 Å². The van der Waals surface area contributed by atoms with Gasteiger partial charge in [-0.15, -0.1) is 12.4 Å². The standard InChI is InChI=1S/C14H22N4O.ClH/c1-18-9-11(6-17-18)12-7-15-8-13(12)14(19)16-5-4-10-2-3-10;/h6,9-10,12-13,15H,2-5,7-8H2,1H3,(H,16,19);1H/t12-,13+;/m1./s1. The zero-order valence-electron chi connectivity index (χ0n) is 11.8. The summed E-state index contributed by atoms with van der Waals surface area (Å²) in [4.78, 5) is 12.3. The van der Waals surface area contributed by atoms with Crippen LogP contribution in [0.2, 0.25) is 0 Å². The minimum absolute atomic E-state index is 0. The molecule has 0 spiro atoms. The maximum absolute atomic E-state index is 12.3. The molecule has 0 bridgehead atoms. The van der Waals surface area contributed by atoms with Crippen molar-refractivity contribution in [2.75, 3.05) is 19.6 Å². The summed E-state index contributed by atoms with van der Waals surface area (Å²) in [5.41, 5.74) is 1.16. The van der Waals surface area contributed by atoms with Gasteiger partial charge in [0.1, 0.15) is 0 Å². The van der Waals surface area contributed by atoms with Crippen LogP contribution in [-0.4, -0.2) is 35.3 Å². The van der Waals surface area contributed by atoms with Gasteiger partial charge in [0.2, 0.25) is 5.91 Å². The number of nitrogens with one attached hydrogen (secondary N) is 2. The second-order valence-electron chi connectivity index (χ2n) is 5.84. The SMILES string of the molecule is Cl.Cn1cc([C@H]2CNC[C@@H]2C(=O)NCCC2CC2)cn1. The molecule has 0 radical (unpaired) electrons. The third-order valence-corrected chi connectivity index (χ3v) is 4.25. The summed E-state index contributed by atoms with van der Waals surface area (Å²) in [5.74, 6) is 1.37. The second-order valence-corrected chi connectivity index (χ2v) is 5.84. The molecule has 0 aromatic carbocycles. The average molecular weight is 299 g/mol. The molecular formula is C14H23ClN4O. The molecule has 5 nitrogen and oxygen atoms in total. The first-order chi connectivity index (χ1) is 9.24. The van der Waals surface area contributed by atoms with Gasteiger partial charge in [0.05, 0.1) is 12.1 Å². The van der Waals surface area contributed by atoms with E-state index in [1.165, 1.54) is 12.8 Å². The van der Waals surface area contributed by atoms with Gasteiger partial charge in [0, 0.05) is 38.8 Å². The maximum Gasteiger partial charge on any atom is 0.225 e. The molecule has 1 saturated heterocycles. The molecule has 1 aliphatic heterocycles. The molecule has 20 heavy (non-hydrogen) atoms. The fourth-order valence-electron chi connectivity index (χ4n) is 2.87. The lowest BCUT2D eigenvalue weighted by atomic mass is 9.90. The largest absolute Gasteiger partial charge is 0.356 e. The number of halogens is 1. The Bertz CT molecular complexity index is 458. The van der Waals surface area contributed by atoms with Crippen molar-refractivity contribution in [1.82, 2.24) is 20.4 Å². The van der Waals surface area contributed by atoms with Crippen LogP contribution in [0.25, 0.3) is 0 Å². The number of carbonyl (C=O) groups excluding carboxylic acids is 1. The van der Waals surface area contributed by atoms with Crippen LogP contribution >= 0.6 is 12.4 Å². The van der Waals surface area contributed by atoms with Crippen LogP contribution in [0.5, 0.6) is 0 Å². The minimum Gasteiger partial charge on any atom is -0.356 e. The molecule has 1 aromatic rings. The van der Waals surface area contributed by atoms with E-state index in [1.54, 1.807) is 4.68 Å².